The molecule has 0 saturated carbocycles. The molecule has 1 atom stereocenters. The number of benzene rings is 1. The molecule has 0 aliphatic rings. The number of carboxylic acid groups (broad SMARTS) is 1. The van der Waals surface area contributed by atoms with E-state index in [1.807, 2.05) is 12.1 Å². The Kier molecular flexibility index (Phi) is 9.22. The van der Waals surface area contributed by atoms with Crippen molar-refractivity contribution in [2.24, 2.45) is 0 Å². The van der Waals surface area contributed by atoms with Gasteiger partial charge < -0.3 is 14.9 Å². The Balaban J connectivity index is 1.86. The highest BCUT2D eigenvalue weighted by molar-refractivity contribution is 5.88. The van der Waals surface area contributed by atoms with Gasteiger partial charge in [-0.1, -0.05) is 63.7 Å². The van der Waals surface area contributed by atoms with Gasteiger partial charge in [0.15, 0.2) is 0 Å². The second-order valence-corrected chi connectivity index (χ2v) is 6.82. The molecule has 0 saturated heterocycles. The van der Waals surface area contributed by atoms with Crippen molar-refractivity contribution in [1.82, 2.24) is 4.98 Å². The first-order chi connectivity index (χ1) is 13.6. The van der Waals surface area contributed by atoms with Crippen molar-refractivity contribution in [1.29, 1.82) is 0 Å². The number of hydrogen-bond acceptors (Lipinski definition) is 4. The summed E-state index contributed by atoms with van der Waals surface area (Å²) in [5.74, 6) is -0.221. The number of rotatable bonds is 12. The Bertz CT molecular complexity index is 773. The molecule has 1 aromatic carbocycles. The van der Waals surface area contributed by atoms with Gasteiger partial charge in [0.1, 0.15) is 5.75 Å². The summed E-state index contributed by atoms with van der Waals surface area (Å²) in [6.07, 6.45) is 11.0. The lowest BCUT2D eigenvalue weighted by Crippen LogP contribution is -2.01. The lowest BCUT2D eigenvalue weighted by molar-refractivity contribution is 0.0696. The van der Waals surface area contributed by atoms with E-state index >= 15 is 0 Å². The number of aliphatic hydroxyl groups is 1. The summed E-state index contributed by atoms with van der Waals surface area (Å²) >= 11 is 0. The summed E-state index contributed by atoms with van der Waals surface area (Å²) in [5, 5.41) is 19.2. The molecule has 0 bridgehead atoms. The maximum absolute atomic E-state index is 11.0. The zero-order chi connectivity index (χ0) is 20.2. The molecule has 150 valence electrons. The van der Waals surface area contributed by atoms with Gasteiger partial charge >= 0.3 is 5.97 Å². The predicted molar refractivity (Wildman–Crippen MR) is 111 cm³/mol. The number of aliphatic hydroxyl groups excluding tert-OH is 1. The molecule has 0 fully saturated rings. The second kappa shape index (κ2) is 11.9. The second-order valence-electron chi connectivity index (χ2n) is 6.82. The fourth-order valence-corrected chi connectivity index (χ4v) is 2.83. The molecule has 0 amide bonds. The summed E-state index contributed by atoms with van der Waals surface area (Å²) < 4.78 is 5.66. The van der Waals surface area contributed by atoms with Crippen molar-refractivity contribution in [3.63, 3.8) is 0 Å². The third-order valence-electron chi connectivity index (χ3n) is 4.39. The molecule has 0 radical (unpaired) electrons. The summed E-state index contributed by atoms with van der Waals surface area (Å²) in [5.41, 5.74) is 0.834. The van der Waals surface area contributed by atoms with E-state index < -0.39 is 12.1 Å². The first kappa shape index (κ1) is 21.6. The molecule has 2 rings (SSSR count). The van der Waals surface area contributed by atoms with Crippen LogP contribution in [0, 0.1) is 0 Å². The van der Waals surface area contributed by atoms with E-state index in [4.69, 9.17) is 9.84 Å². The fourth-order valence-electron chi connectivity index (χ4n) is 2.83. The van der Waals surface area contributed by atoms with E-state index in [1.54, 1.807) is 30.4 Å². The van der Waals surface area contributed by atoms with Crippen LogP contribution in [-0.4, -0.2) is 27.3 Å². The molecule has 5 nitrogen and oxygen atoms in total. The van der Waals surface area contributed by atoms with Crippen molar-refractivity contribution >= 4 is 12.0 Å². The highest BCUT2D eigenvalue weighted by Gasteiger charge is 2.06. The smallest absolute Gasteiger partial charge is 0.335 e. The summed E-state index contributed by atoms with van der Waals surface area (Å²) in [7, 11) is 0. The van der Waals surface area contributed by atoms with Crippen LogP contribution in [0.2, 0.25) is 0 Å². The lowest BCUT2D eigenvalue weighted by atomic mass is 10.1. The van der Waals surface area contributed by atoms with Crippen molar-refractivity contribution in [3.05, 3.63) is 59.8 Å². The molecule has 28 heavy (non-hydrogen) atoms. The molecule has 1 unspecified atom stereocenters. The number of unbranched alkanes of at least 4 members (excludes halogenated alkanes) is 5. The van der Waals surface area contributed by atoms with Crippen LogP contribution in [0.1, 0.15) is 67.9 Å². The topological polar surface area (TPSA) is 79.7 Å². The quantitative estimate of drug-likeness (QED) is 0.460. The molecular formula is C23H29NO4. The van der Waals surface area contributed by atoms with E-state index in [0.29, 0.717) is 17.3 Å². The van der Waals surface area contributed by atoms with E-state index in [1.165, 1.54) is 37.8 Å². The zero-order valence-corrected chi connectivity index (χ0v) is 16.4. The van der Waals surface area contributed by atoms with Gasteiger partial charge in [-0.2, -0.15) is 0 Å². The average molecular weight is 383 g/mol. The Morgan fingerprint density at radius 3 is 2.64 bits per heavy atom. The SMILES string of the molecule is CCCCCCCCC(O)/C=C/c1cccc(Oc2cccc(C(=O)O)c2)n1. The third kappa shape index (κ3) is 7.92. The number of aromatic carboxylic acids is 1. The first-order valence-corrected chi connectivity index (χ1v) is 9.93. The number of pyridine rings is 1. The zero-order valence-electron chi connectivity index (χ0n) is 16.4. The van der Waals surface area contributed by atoms with E-state index in [2.05, 4.69) is 11.9 Å². The number of aromatic nitrogens is 1. The van der Waals surface area contributed by atoms with Crippen LogP contribution < -0.4 is 4.74 Å². The highest BCUT2D eigenvalue weighted by Crippen LogP contribution is 2.21. The van der Waals surface area contributed by atoms with Crippen molar-refractivity contribution in [3.8, 4) is 11.6 Å². The van der Waals surface area contributed by atoms with Crippen LogP contribution in [0.15, 0.2) is 48.5 Å². The third-order valence-corrected chi connectivity index (χ3v) is 4.39. The van der Waals surface area contributed by atoms with Crippen molar-refractivity contribution in [2.75, 3.05) is 0 Å². The van der Waals surface area contributed by atoms with Crippen LogP contribution in [0.4, 0.5) is 0 Å². The number of carboxylic acids is 1. The Hall–Kier alpha value is -2.66. The fraction of sp³-hybridized carbons (Fsp3) is 0.391. The molecule has 0 spiro atoms. The van der Waals surface area contributed by atoms with Crippen LogP contribution in [-0.2, 0) is 0 Å². The largest absolute Gasteiger partial charge is 0.478 e. The molecule has 2 aromatic rings. The molecule has 0 aliphatic heterocycles. The number of nitrogens with zero attached hydrogens (tertiary/aromatic N) is 1. The van der Waals surface area contributed by atoms with Crippen LogP contribution in [0.5, 0.6) is 11.6 Å². The summed E-state index contributed by atoms with van der Waals surface area (Å²) in [6, 6.07) is 11.6. The van der Waals surface area contributed by atoms with Crippen molar-refractivity contribution in [2.45, 2.75) is 58.0 Å². The van der Waals surface area contributed by atoms with Gasteiger partial charge in [-0.25, -0.2) is 9.78 Å². The summed E-state index contributed by atoms with van der Waals surface area (Å²) in [6.45, 7) is 2.20. The molecular weight excluding hydrogens is 354 g/mol. The molecule has 2 N–H and O–H groups in total. The minimum atomic E-state index is -1.01. The van der Waals surface area contributed by atoms with Crippen LogP contribution >= 0.6 is 0 Å². The number of carbonyl (C=O) groups is 1. The summed E-state index contributed by atoms with van der Waals surface area (Å²) in [4.78, 5) is 15.4. The molecule has 5 heteroatoms. The van der Waals surface area contributed by atoms with Gasteiger partial charge in [0.05, 0.1) is 17.4 Å². The molecule has 1 heterocycles. The van der Waals surface area contributed by atoms with E-state index in [9.17, 15) is 9.90 Å². The van der Waals surface area contributed by atoms with Gasteiger partial charge in [0.2, 0.25) is 5.88 Å². The first-order valence-electron chi connectivity index (χ1n) is 9.93. The highest BCUT2D eigenvalue weighted by atomic mass is 16.5. The van der Waals surface area contributed by atoms with Gasteiger partial charge in [-0.15, -0.1) is 0 Å². The van der Waals surface area contributed by atoms with E-state index in [-0.39, 0.29) is 5.56 Å². The Morgan fingerprint density at radius 2 is 1.86 bits per heavy atom. The van der Waals surface area contributed by atoms with E-state index in [0.717, 1.165) is 19.3 Å². The van der Waals surface area contributed by atoms with Crippen LogP contribution in [0.3, 0.4) is 0 Å². The Labute approximate surface area is 166 Å². The maximum Gasteiger partial charge on any atom is 0.335 e. The standard InChI is InChI=1S/C23H29NO4/c1-2-3-4-5-6-7-12-20(25)16-15-19-11-9-14-22(24-19)28-21-13-8-10-18(17-21)23(26)27/h8-11,13-17,20,25H,2-7,12H2,1H3,(H,26,27)/b16-15+. The minimum absolute atomic E-state index is 0.159. The number of hydrogen-bond donors (Lipinski definition) is 2. The predicted octanol–water partition coefficient (Wildman–Crippen LogP) is 5.70. The molecule has 0 aliphatic carbocycles. The number of ether oxygens (including phenoxy) is 1. The average Bonchev–Trinajstić information content (AvgIpc) is 2.69. The van der Waals surface area contributed by atoms with Gasteiger partial charge in [0.25, 0.3) is 0 Å². The lowest BCUT2D eigenvalue weighted by Gasteiger charge is -2.07. The monoisotopic (exact) mass is 383 g/mol. The van der Waals surface area contributed by atoms with Gasteiger partial charge in [0, 0.05) is 6.07 Å². The van der Waals surface area contributed by atoms with Crippen LogP contribution in [0.25, 0.3) is 6.08 Å². The van der Waals surface area contributed by atoms with Crippen molar-refractivity contribution < 1.29 is 19.7 Å². The van der Waals surface area contributed by atoms with Gasteiger partial charge in [-0.05, 0) is 36.8 Å². The van der Waals surface area contributed by atoms with Gasteiger partial charge in [-0.3, -0.25) is 0 Å². The molecule has 1 aromatic heterocycles. The Morgan fingerprint density at radius 1 is 1.11 bits per heavy atom. The maximum atomic E-state index is 11.0. The minimum Gasteiger partial charge on any atom is -0.478 e. The normalized spacial score (nSPS) is 12.2.